The van der Waals surface area contributed by atoms with Crippen LogP contribution in [0, 0.1) is 0 Å². The average Bonchev–Trinajstić information content (AvgIpc) is 4.00. The number of aromatic nitrogens is 4. The van der Waals surface area contributed by atoms with Gasteiger partial charge in [0.2, 0.25) is 0 Å². The molecular weight excluding hydrogens is 785 g/mol. The molecule has 63 heavy (non-hydrogen) atoms. The van der Waals surface area contributed by atoms with Gasteiger partial charge >= 0.3 is 0 Å². The Bertz CT molecular complexity index is 4210. The lowest BCUT2D eigenvalue weighted by Crippen LogP contribution is -1.97. The van der Waals surface area contributed by atoms with Crippen LogP contribution in [0.25, 0.3) is 130 Å². The predicted molar refractivity (Wildman–Crippen MR) is 267 cm³/mol. The Balaban J connectivity index is 0.928. The lowest BCUT2D eigenvalue weighted by molar-refractivity contribution is 1.18. The van der Waals surface area contributed by atoms with Crippen LogP contribution in [0.5, 0.6) is 0 Å². The van der Waals surface area contributed by atoms with Gasteiger partial charge in [0, 0.05) is 64.2 Å². The molecule has 0 spiro atoms. The first-order valence-corrected chi connectivity index (χ1v) is 22.2. The van der Waals surface area contributed by atoms with Gasteiger partial charge < -0.3 is 9.13 Å². The van der Waals surface area contributed by atoms with Crippen molar-refractivity contribution in [2.45, 2.75) is 0 Å². The summed E-state index contributed by atoms with van der Waals surface area (Å²) in [5.74, 6) is 0. The summed E-state index contributed by atoms with van der Waals surface area (Å²) < 4.78 is 7.38. The highest BCUT2D eigenvalue weighted by Crippen LogP contribution is 2.41. The fourth-order valence-electron chi connectivity index (χ4n) is 10.2. The molecule has 0 atom stereocenters. The molecule has 0 aliphatic rings. The molecule has 0 aliphatic carbocycles. The highest BCUT2D eigenvalue weighted by atomic mass is 32.1. The third-order valence-corrected chi connectivity index (χ3v) is 14.2. The fraction of sp³-hybridized carbons (Fsp3) is 0. The van der Waals surface area contributed by atoms with Crippen LogP contribution < -0.4 is 0 Å². The quantitative estimate of drug-likeness (QED) is 0.177. The molecule has 0 radical (unpaired) electrons. The van der Waals surface area contributed by atoms with Gasteiger partial charge in [-0.25, -0.2) is 9.97 Å². The molecule has 0 N–H and O–H groups in total. The summed E-state index contributed by atoms with van der Waals surface area (Å²) in [6.45, 7) is 0. The zero-order valence-corrected chi connectivity index (χ0v) is 34.6. The number of rotatable bonds is 4. The average molecular weight is 819 g/mol. The number of hydrogen-bond acceptors (Lipinski definition) is 3. The van der Waals surface area contributed by atoms with Gasteiger partial charge in [0.05, 0.1) is 44.5 Å². The Hall–Kier alpha value is -8.12. The summed E-state index contributed by atoms with van der Waals surface area (Å²) in [6, 6.07) is 74.9. The van der Waals surface area contributed by atoms with Crippen LogP contribution in [0.2, 0.25) is 0 Å². The molecule has 292 valence electrons. The third-order valence-electron chi connectivity index (χ3n) is 13.1. The van der Waals surface area contributed by atoms with E-state index in [1.807, 2.05) is 23.5 Å². The SMILES string of the molecule is c1ccc2c(c1)ccc1c2c2ccccc2n1-c1ccc2cc3c4ccccc4n(-c4ccc(-c5nc6ccccc6nc5-c5ccc6c(c5)sc5ccccc56)cc4)c3cc2c1. The third kappa shape index (κ3) is 5.15. The molecule has 0 saturated heterocycles. The fourth-order valence-corrected chi connectivity index (χ4v) is 11.3. The molecule has 0 fully saturated rings. The molecule has 0 unspecified atom stereocenters. The molecule has 5 heteroatoms. The summed E-state index contributed by atoms with van der Waals surface area (Å²) >= 11 is 1.83. The summed E-state index contributed by atoms with van der Waals surface area (Å²) in [5.41, 5.74) is 12.6. The van der Waals surface area contributed by atoms with Crippen molar-refractivity contribution in [3.63, 3.8) is 0 Å². The highest BCUT2D eigenvalue weighted by Gasteiger charge is 2.19. The summed E-state index contributed by atoms with van der Waals surface area (Å²) in [5, 5.41) is 12.5. The van der Waals surface area contributed by atoms with Gasteiger partial charge in [-0.2, -0.15) is 0 Å². The molecule has 4 nitrogen and oxygen atoms in total. The Morgan fingerprint density at radius 1 is 0.317 bits per heavy atom. The Morgan fingerprint density at radius 3 is 1.75 bits per heavy atom. The van der Waals surface area contributed by atoms with Crippen LogP contribution in [-0.4, -0.2) is 19.1 Å². The van der Waals surface area contributed by atoms with E-state index in [4.69, 9.17) is 9.97 Å². The van der Waals surface area contributed by atoms with Crippen molar-refractivity contribution >= 4 is 108 Å². The van der Waals surface area contributed by atoms with Crippen molar-refractivity contribution in [2.75, 3.05) is 0 Å². The van der Waals surface area contributed by atoms with Gasteiger partial charge in [0.25, 0.3) is 0 Å². The van der Waals surface area contributed by atoms with E-state index in [1.165, 1.54) is 85.3 Å². The Labute approximate surface area is 365 Å². The number of benzene rings is 10. The number of fused-ring (bicyclic) bond motifs is 13. The lowest BCUT2D eigenvalue weighted by Gasteiger charge is -2.13. The molecule has 10 aromatic carbocycles. The van der Waals surface area contributed by atoms with Crippen LogP contribution >= 0.6 is 11.3 Å². The van der Waals surface area contributed by atoms with Gasteiger partial charge in [0.1, 0.15) is 0 Å². The molecule has 0 bridgehead atoms. The van der Waals surface area contributed by atoms with Crippen molar-refractivity contribution in [1.82, 2.24) is 19.1 Å². The number of hydrogen-bond donors (Lipinski definition) is 0. The van der Waals surface area contributed by atoms with E-state index in [9.17, 15) is 0 Å². The van der Waals surface area contributed by atoms with Crippen molar-refractivity contribution in [3.8, 4) is 33.9 Å². The molecule has 4 heterocycles. The predicted octanol–water partition coefficient (Wildman–Crippen LogP) is 15.8. The molecule has 14 rings (SSSR count). The molecule has 4 aromatic heterocycles. The zero-order chi connectivity index (χ0) is 41.2. The largest absolute Gasteiger partial charge is 0.309 e. The van der Waals surface area contributed by atoms with E-state index < -0.39 is 0 Å². The van der Waals surface area contributed by atoms with E-state index in [1.54, 1.807) is 0 Å². The van der Waals surface area contributed by atoms with Crippen molar-refractivity contribution < 1.29 is 0 Å². The molecule has 0 saturated carbocycles. The second-order valence-corrected chi connectivity index (χ2v) is 17.6. The number of para-hydroxylation sites is 4. The smallest absolute Gasteiger partial charge is 0.0973 e. The van der Waals surface area contributed by atoms with Crippen LogP contribution in [0.3, 0.4) is 0 Å². The molecule has 0 aliphatic heterocycles. The first kappa shape index (κ1) is 34.6. The monoisotopic (exact) mass is 818 g/mol. The van der Waals surface area contributed by atoms with E-state index in [2.05, 4.69) is 203 Å². The van der Waals surface area contributed by atoms with E-state index >= 15 is 0 Å². The van der Waals surface area contributed by atoms with E-state index in [0.717, 1.165) is 44.9 Å². The standard InChI is InChI=1S/C58H34N4S/c1-2-12-42-35(11-1)25-30-52-56(42)46-15-4-9-19-51(46)62(52)41-28-23-37-32-47-43-13-3-8-18-50(43)61(53(47)33-39(37)31-41)40-26-21-36(22-27-40)57-58(60-49-17-7-6-16-48(49)59-57)38-24-29-45-44-14-5-10-20-54(44)63-55(45)34-38/h1-34H. The number of thiophene rings is 1. The van der Waals surface area contributed by atoms with Crippen LogP contribution in [0.15, 0.2) is 206 Å². The minimum absolute atomic E-state index is 0.875. The topological polar surface area (TPSA) is 35.6 Å². The second kappa shape index (κ2) is 13.2. The first-order valence-electron chi connectivity index (χ1n) is 21.4. The Kier molecular flexibility index (Phi) is 7.24. The summed E-state index contributed by atoms with van der Waals surface area (Å²) in [4.78, 5) is 10.6. The van der Waals surface area contributed by atoms with Gasteiger partial charge in [0.15, 0.2) is 0 Å². The maximum atomic E-state index is 5.29. The van der Waals surface area contributed by atoms with Gasteiger partial charge in [-0.3, -0.25) is 0 Å². The van der Waals surface area contributed by atoms with Gasteiger partial charge in [-0.15, -0.1) is 11.3 Å². The van der Waals surface area contributed by atoms with Crippen LogP contribution in [0.1, 0.15) is 0 Å². The van der Waals surface area contributed by atoms with Crippen LogP contribution in [-0.2, 0) is 0 Å². The van der Waals surface area contributed by atoms with Crippen molar-refractivity contribution in [2.24, 2.45) is 0 Å². The summed E-state index contributed by atoms with van der Waals surface area (Å²) in [7, 11) is 0. The highest BCUT2D eigenvalue weighted by molar-refractivity contribution is 7.25. The van der Waals surface area contributed by atoms with Gasteiger partial charge in [-0.1, -0.05) is 127 Å². The van der Waals surface area contributed by atoms with Crippen LogP contribution in [0.4, 0.5) is 0 Å². The maximum Gasteiger partial charge on any atom is 0.0973 e. The number of nitrogens with zero attached hydrogens (tertiary/aromatic N) is 4. The lowest BCUT2D eigenvalue weighted by atomic mass is 10.0. The Morgan fingerprint density at radius 2 is 0.921 bits per heavy atom. The van der Waals surface area contributed by atoms with E-state index in [-0.39, 0.29) is 0 Å². The first-order chi connectivity index (χ1) is 31.2. The summed E-state index contributed by atoms with van der Waals surface area (Å²) in [6.07, 6.45) is 0. The minimum Gasteiger partial charge on any atom is -0.309 e. The van der Waals surface area contributed by atoms with Crippen molar-refractivity contribution in [3.05, 3.63) is 206 Å². The van der Waals surface area contributed by atoms with Gasteiger partial charge in [-0.05, 0) is 100 Å². The normalized spacial score (nSPS) is 12.1. The minimum atomic E-state index is 0.875. The van der Waals surface area contributed by atoms with E-state index in [0.29, 0.717) is 0 Å². The maximum absolute atomic E-state index is 5.29. The second-order valence-electron chi connectivity index (χ2n) is 16.6. The molecule has 14 aromatic rings. The molecular formula is C58H34N4S. The molecule has 0 amide bonds. The zero-order valence-electron chi connectivity index (χ0n) is 33.8. The van der Waals surface area contributed by atoms with Crippen molar-refractivity contribution in [1.29, 1.82) is 0 Å².